The van der Waals surface area contributed by atoms with E-state index in [1.807, 2.05) is 41.5 Å². The number of carbonyl (C=O) groups is 5. The van der Waals surface area contributed by atoms with Crippen molar-refractivity contribution in [2.45, 2.75) is 86.6 Å². The maximum absolute atomic E-state index is 12.8. The molecule has 0 aromatic heterocycles. The number of ether oxygens (including phenoxy) is 3. The summed E-state index contributed by atoms with van der Waals surface area (Å²) in [4.78, 5) is 60.9. The number of amides is 1. The van der Waals surface area contributed by atoms with Crippen LogP contribution in [-0.2, 0) is 38.2 Å². The highest BCUT2D eigenvalue weighted by atomic mass is 16.5. The predicted molar refractivity (Wildman–Crippen MR) is 141 cm³/mol. The highest BCUT2D eigenvalue weighted by Gasteiger charge is 2.34. The molecule has 0 radical (unpaired) electrons. The molecule has 0 aliphatic carbocycles. The number of hydrogen-bond donors (Lipinski definition) is 1. The van der Waals surface area contributed by atoms with Gasteiger partial charge >= 0.3 is 0 Å². The first-order chi connectivity index (χ1) is 17.2. The van der Waals surface area contributed by atoms with Crippen molar-refractivity contribution in [2.24, 2.45) is 23.7 Å². The SMILES string of the molecule is CC(C)C(=O)CCOCC(COCCC(=O)C(C)C)(COCCC(=O)C(C)C)NC(=O)CC(=O)C(C)C. The minimum Gasteiger partial charge on any atom is -0.378 e. The second-order valence-electron chi connectivity index (χ2n) is 10.9. The van der Waals surface area contributed by atoms with Crippen LogP contribution in [0.4, 0.5) is 0 Å². The van der Waals surface area contributed by atoms with E-state index in [1.165, 1.54) is 0 Å². The molecule has 1 amide bonds. The molecule has 1 N–H and O–H groups in total. The first-order valence-electron chi connectivity index (χ1n) is 13.4. The summed E-state index contributed by atoms with van der Waals surface area (Å²) in [5.41, 5.74) is -1.17. The third-order valence-electron chi connectivity index (χ3n) is 5.93. The molecule has 9 nitrogen and oxygen atoms in total. The van der Waals surface area contributed by atoms with E-state index >= 15 is 0 Å². The van der Waals surface area contributed by atoms with Crippen LogP contribution in [0.2, 0.25) is 0 Å². The smallest absolute Gasteiger partial charge is 0.228 e. The van der Waals surface area contributed by atoms with Crippen molar-refractivity contribution in [3.63, 3.8) is 0 Å². The number of carbonyl (C=O) groups excluding carboxylic acids is 5. The second kappa shape index (κ2) is 18.3. The Hall–Kier alpha value is -1.97. The van der Waals surface area contributed by atoms with Gasteiger partial charge in [0, 0.05) is 42.9 Å². The molecule has 9 heteroatoms. The molecule has 0 fully saturated rings. The molecular formula is C28H49NO8. The van der Waals surface area contributed by atoms with Crippen LogP contribution in [0, 0.1) is 23.7 Å². The van der Waals surface area contributed by atoms with Gasteiger partial charge in [-0.2, -0.15) is 0 Å². The predicted octanol–water partition coefficient (Wildman–Crippen LogP) is 3.35. The molecule has 0 saturated heterocycles. The van der Waals surface area contributed by atoms with E-state index in [4.69, 9.17) is 14.2 Å². The fourth-order valence-corrected chi connectivity index (χ4v) is 3.12. The lowest BCUT2D eigenvalue weighted by molar-refractivity contribution is -0.135. The summed E-state index contributed by atoms with van der Waals surface area (Å²) in [5, 5.41) is 2.86. The zero-order chi connectivity index (χ0) is 28.6. The van der Waals surface area contributed by atoms with Crippen LogP contribution in [0.5, 0.6) is 0 Å². The third kappa shape index (κ3) is 15.8. The molecule has 214 valence electrons. The Morgan fingerprint density at radius 3 is 1.11 bits per heavy atom. The van der Waals surface area contributed by atoms with Crippen molar-refractivity contribution >= 4 is 29.0 Å². The minimum atomic E-state index is -1.17. The molecule has 0 saturated carbocycles. The van der Waals surface area contributed by atoms with E-state index in [0.29, 0.717) is 0 Å². The zero-order valence-electron chi connectivity index (χ0n) is 24.1. The molecular weight excluding hydrogens is 478 g/mol. The molecule has 0 aromatic carbocycles. The Morgan fingerprint density at radius 2 is 0.838 bits per heavy atom. The number of rotatable bonds is 22. The average Bonchev–Trinajstić information content (AvgIpc) is 2.81. The lowest BCUT2D eigenvalue weighted by Gasteiger charge is -2.34. The Kier molecular flexibility index (Phi) is 17.3. The molecule has 0 spiro atoms. The van der Waals surface area contributed by atoms with Crippen LogP contribution in [-0.4, -0.2) is 74.2 Å². The van der Waals surface area contributed by atoms with Gasteiger partial charge in [0.2, 0.25) is 5.91 Å². The first kappa shape index (κ1) is 35.0. The number of ketones is 4. The number of hydrogen-bond acceptors (Lipinski definition) is 8. The van der Waals surface area contributed by atoms with Crippen molar-refractivity contribution < 1.29 is 38.2 Å². The van der Waals surface area contributed by atoms with Gasteiger partial charge in [-0.3, -0.25) is 24.0 Å². The molecule has 0 unspecified atom stereocenters. The molecule has 0 aliphatic rings. The van der Waals surface area contributed by atoms with Crippen molar-refractivity contribution in [1.29, 1.82) is 0 Å². The molecule has 37 heavy (non-hydrogen) atoms. The molecule has 0 bridgehead atoms. The zero-order valence-corrected chi connectivity index (χ0v) is 24.1. The van der Waals surface area contributed by atoms with E-state index in [2.05, 4.69) is 5.32 Å². The van der Waals surface area contributed by atoms with Crippen molar-refractivity contribution in [3.8, 4) is 0 Å². The molecule has 0 aliphatic heterocycles. The fourth-order valence-electron chi connectivity index (χ4n) is 3.12. The minimum absolute atomic E-state index is 0.0315. The van der Waals surface area contributed by atoms with Crippen LogP contribution in [0.1, 0.15) is 81.1 Å². The lowest BCUT2D eigenvalue weighted by atomic mass is 10.0. The molecule has 0 aromatic rings. The van der Waals surface area contributed by atoms with Gasteiger partial charge in [0.25, 0.3) is 0 Å². The number of nitrogens with one attached hydrogen (secondary N) is 1. The molecule has 0 rings (SSSR count). The van der Waals surface area contributed by atoms with Gasteiger partial charge in [-0.05, 0) is 0 Å². The fraction of sp³-hybridized carbons (Fsp3) is 0.821. The number of Topliss-reactive ketones (excluding diaryl/α,β-unsaturated/α-hetero) is 4. The Balaban J connectivity index is 5.53. The quantitative estimate of drug-likeness (QED) is 0.168. The third-order valence-corrected chi connectivity index (χ3v) is 5.93. The Morgan fingerprint density at radius 1 is 0.541 bits per heavy atom. The normalized spacial score (nSPS) is 12.0. The average molecular weight is 528 g/mol. The van der Waals surface area contributed by atoms with E-state index in [0.717, 1.165) is 0 Å². The summed E-state index contributed by atoms with van der Waals surface area (Å²) in [6, 6.07) is 0. The van der Waals surface area contributed by atoms with Gasteiger partial charge in [0.05, 0.1) is 46.1 Å². The van der Waals surface area contributed by atoms with E-state index in [-0.39, 0.29) is 112 Å². The van der Waals surface area contributed by atoms with Crippen molar-refractivity contribution in [3.05, 3.63) is 0 Å². The van der Waals surface area contributed by atoms with E-state index in [1.54, 1.807) is 13.8 Å². The van der Waals surface area contributed by atoms with Gasteiger partial charge in [0.1, 0.15) is 28.7 Å². The largest absolute Gasteiger partial charge is 0.378 e. The summed E-state index contributed by atoms with van der Waals surface area (Å²) < 4.78 is 17.4. The summed E-state index contributed by atoms with van der Waals surface area (Å²) in [6.45, 7) is 14.7. The van der Waals surface area contributed by atoms with E-state index < -0.39 is 11.4 Å². The van der Waals surface area contributed by atoms with Gasteiger partial charge in [-0.1, -0.05) is 55.4 Å². The Labute approximate surface area is 222 Å². The van der Waals surface area contributed by atoms with Gasteiger partial charge in [0.15, 0.2) is 0 Å². The first-order valence-corrected chi connectivity index (χ1v) is 13.4. The van der Waals surface area contributed by atoms with Crippen molar-refractivity contribution in [2.75, 3.05) is 39.6 Å². The van der Waals surface area contributed by atoms with Crippen LogP contribution in [0.15, 0.2) is 0 Å². The topological polar surface area (TPSA) is 125 Å². The summed E-state index contributed by atoms with van der Waals surface area (Å²) in [7, 11) is 0. The van der Waals surface area contributed by atoms with Crippen LogP contribution < -0.4 is 5.32 Å². The Bertz CT molecular complexity index is 673. The maximum Gasteiger partial charge on any atom is 0.228 e. The summed E-state index contributed by atoms with van der Waals surface area (Å²) in [5.74, 6) is -1.16. The highest BCUT2D eigenvalue weighted by Crippen LogP contribution is 2.13. The maximum atomic E-state index is 12.8. The molecule has 0 atom stereocenters. The van der Waals surface area contributed by atoms with Crippen LogP contribution in [0.3, 0.4) is 0 Å². The van der Waals surface area contributed by atoms with Crippen LogP contribution >= 0.6 is 0 Å². The summed E-state index contributed by atoms with van der Waals surface area (Å²) in [6.07, 6.45) is 0.367. The van der Waals surface area contributed by atoms with Gasteiger partial charge in [-0.15, -0.1) is 0 Å². The van der Waals surface area contributed by atoms with Crippen molar-refractivity contribution in [1.82, 2.24) is 5.32 Å². The van der Waals surface area contributed by atoms with Crippen LogP contribution in [0.25, 0.3) is 0 Å². The van der Waals surface area contributed by atoms with E-state index in [9.17, 15) is 24.0 Å². The standard InChI is InChI=1S/C28H49NO8/c1-19(2)23(30)9-12-35-16-28(17-36-13-10-24(31)20(3)4,18-37-14-11-25(32)21(5)6)29-27(34)15-26(33)22(7)8/h19-22H,9-18H2,1-8H3,(H,29,34). The highest BCUT2D eigenvalue weighted by molar-refractivity contribution is 5.99. The second-order valence-corrected chi connectivity index (χ2v) is 10.9. The van der Waals surface area contributed by atoms with Gasteiger partial charge in [-0.25, -0.2) is 0 Å². The monoisotopic (exact) mass is 527 g/mol. The lowest BCUT2D eigenvalue weighted by Crippen LogP contribution is -2.59. The molecule has 0 heterocycles. The summed E-state index contributed by atoms with van der Waals surface area (Å²) >= 11 is 0. The van der Waals surface area contributed by atoms with Gasteiger partial charge < -0.3 is 19.5 Å².